The Labute approximate surface area is 116 Å². The number of sulfone groups is 1. The molecular formula is C14H14FNO3S. The second-order valence-corrected chi connectivity index (χ2v) is 6.28. The van der Waals surface area contributed by atoms with Crippen LogP contribution in [0.3, 0.4) is 0 Å². The van der Waals surface area contributed by atoms with Crippen LogP contribution in [0.25, 0.3) is 0 Å². The van der Waals surface area contributed by atoms with Crippen molar-refractivity contribution in [1.29, 1.82) is 0 Å². The van der Waals surface area contributed by atoms with E-state index < -0.39 is 15.7 Å². The lowest BCUT2D eigenvalue weighted by molar-refractivity contribution is 0.413. The highest BCUT2D eigenvalue weighted by atomic mass is 32.2. The maximum absolute atomic E-state index is 13.3. The standard InChI is InChI=1S/C14H14FNO3S/c1-19-11-3-2-4-12(8-11)20(17,18)9-10-5-6-14(16)13(15)7-10/h2-8H,9,16H2,1H3. The molecule has 2 N–H and O–H groups in total. The lowest BCUT2D eigenvalue weighted by atomic mass is 10.2. The molecule has 0 saturated heterocycles. The summed E-state index contributed by atoms with van der Waals surface area (Å²) in [6.45, 7) is 0. The van der Waals surface area contributed by atoms with Gasteiger partial charge < -0.3 is 10.5 Å². The van der Waals surface area contributed by atoms with E-state index in [0.717, 1.165) is 6.07 Å². The minimum absolute atomic E-state index is 0.00692. The van der Waals surface area contributed by atoms with Crippen LogP contribution in [0.2, 0.25) is 0 Å². The first-order valence-electron chi connectivity index (χ1n) is 5.83. The minimum Gasteiger partial charge on any atom is -0.497 e. The number of anilines is 1. The van der Waals surface area contributed by atoms with E-state index in [0.29, 0.717) is 11.3 Å². The lowest BCUT2D eigenvalue weighted by Gasteiger charge is -2.07. The largest absolute Gasteiger partial charge is 0.497 e. The quantitative estimate of drug-likeness (QED) is 0.879. The molecule has 0 aliphatic heterocycles. The summed E-state index contributed by atoms with van der Waals surface area (Å²) >= 11 is 0. The van der Waals surface area contributed by atoms with Crippen molar-refractivity contribution in [3.63, 3.8) is 0 Å². The first-order chi connectivity index (χ1) is 9.42. The zero-order valence-corrected chi connectivity index (χ0v) is 11.7. The second kappa shape index (κ2) is 5.50. The summed E-state index contributed by atoms with van der Waals surface area (Å²) in [5.74, 6) is -0.463. The number of ether oxygens (including phenoxy) is 1. The number of hydrogen-bond acceptors (Lipinski definition) is 4. The minimum atomic E-state index is -3.56. The molecule has 0 amide bonds. The third kappa shape index (κ3) is 3.08. The van der Waals surface area contributed by atoms with E-state index in [1.165, 1.54) is 31.4 Å². The summed E-state index contributed by atoms with van der Waals surface area (Å²) in [4.78, 5) is 0.133. The molecule has 0 aromatic heterocycles. The van der Waals surface area contributed by atoms with Gasteiger partial charge in [-0.3, -0.25) is 0 Å². The molecule has 0 aliphatic rings. The van der Waals surface area contributed by atoms with Crippen molar-refractivity contribution < 1.29 is 17.5 Å². The third-order valence-corrected chi connectivity index (χ3v) is 4.51. The summed E-state index contributed by atoms with van der Waals surface area (Å²) in [6.07, 6.45) is 0. The molecule has 4 nitrogen and oxygen atoms in total. The molecule has 106 valence electrons. The highest BCUT2D eigenvalue weighted by Gasteiger charge is 2.16. The van der Waals surface area contributed by atoms with Gasteiger partial charge in [0.2, 0.25) is 0 Å². The predicted octanol–water partition coefficient (Wildman–Crippen LogP) is 2.39. The fraction of sp³-hybridized carbons (Fsp3) is 0.143. The van der Waals surface area contributed by atoms with Crippen LogP contribution in [0, 0.1) is 5.82 Å². The van der Waals surface area contributed by atoms with Gasteiger partial charge in [-0.15, -0.1) is 0 Å². The van der Waals surface area contributed by atoms with Crippen LogP contribution in [-0.2, 0) is 15.6 Å². The second-order valence-electron chi connectivity index (χ2n) is 4.29. The zero-order chi connectivity index (χ0) is 14.8. The maximum Gasteiger partial charge on any atom is 0.182 e. The van der Waals surface area contributed by atoms with E-state index in [2.05, 4.69) is 0 Å². The summed E-state index contributed by atoms with van der Waals surface area (Å²) in [5.41, 5.74) is 5.70. The maximum atomic E-state index is 13.3. The van der Waals surface area contributed by atoms with E-state index in [9.17, 15) is 12.8 Å². The molecule has 0 fully saturated rings. The van der Waals surface area contributed by atoms with Crippen molar-refractivity contribution >= 4 is 15.5 Å². The summed E-state index contributed by atoms with van der Waals surface area (Å²) in [7, 11) is -2.10. The molecule has 0 unspecified atom stereocenters. The van der Waals surface area contributed by atoms with Gasteiger partial charge in [0.15, 0.2) is 9.84 Å². The van der Waals surface area contributed by atoms with E-state index in [1.54, 1.807) is 12.1 Å². The number of nitrogens with two attached hydrogens (primary N) is 1. The van der Waals surface area contributed by atoms with Gasteiger partial charge in [0.25, 0.3) is 0 Å². The molecule has 2 aromatic carbocycles. The Morgan fingerprint density at radius 3 is 2.60 bits per heavy atom. The van der Waals surface area contributed by atoms with Gasteiger partial charge in [-0.1, -0.05) is 12.1 Å². The Hall–Kier alpha value is -2.08. The number of halogens is 1. The SMILES string of the molecule is COc1cccc(S(=O)(=O)Cc2ccc(N)c(F)c2)c1. The molecule has 0 spiro atoms. The Kier molecular flexibility index (Phi) is 3.94. The van der Waals surface area contributed by atoms with Crippen LogP contribution in [0.4, 0.5) is 10.1 Å². The first kappa shape index (κ1) is 14.3. The predicted molar refractivity (Wildman–Crippen MR) is 74.7 cm³/mol. The first-order valence-corrected chi connectivity index (χ1v) is 7.48. The van der Waals surface area contributed by atoms with Crippen LogP contribution >= 0.6 is 0 Å². The Balaban J connectivity index is 2.32. The Morgan fingerprint density at radius 1 is 1.20 bits per heavy atom. The highest BCUT2D eigenvalue weighted by Crippen LogP contribution is 2.22. The van der Waals surface area contributed by atoms with Crippen molar-refractivity contribution in [1.82, 2.24) is 0 Å². The third-order valence-electron chi connectivity index (χ3n) is 2.82. The molecule has 6 heteroatoms. The number of benzene rings is 2. The van der Waals surface area contributed by atoms with Gasteiger partial charge in [-0.2, -0.15) is 0 Å². The van der Waals surface area contributed by atoms with Crippen molar-refractivity contribution in [3.05, 3.63) is 53.8 Å². The molecule has 0 radical (unpaired) electrons. The van der Waals surface area contributed by atoms with Gasteiger partial charge in [-0.25, -0.2) is 12.8 Å². The lowest BCUT2D eigenvalue weighted by Crippen LogP contribution is -2.06. The number of hydrogen-bond donors (Lipinski definition) is 1. The van der Waals surface area contributed by atoms with Gasteiger partial charge in [-0.05, 0) is 35.9 Å². The van der Waals surface area contributed by atoms with Gasteiger partial charge in [0, 0.05) is 0 Å². The van der Waals surface area contributed by atoms with Crippen LogP contribution in [0.1, 0.15) is 5.56 Å². The average Bonchev–Trinajstić information content (AvgIpc) is 2.43. The van der Waals surface area contributed by atoms with Crippen LogP contribution in [0.5, 0.6) is 5.75 Å². The van der Waals surface area contributed by atoms with Crippen LogP contribution in [0.15, 0.2) is 47.4 Å². The normalized spacial score (nSPS) is 11.3. The summed E-state index contributed by atoms with van der Waals surface area (Å²) in [6, 6.07) is 10.1. The molecule has 2 aromatic rings. The fourth-order valence-electron chi connectivity index (χ4n) is 1.76. The fourth-order valence-corrected chi connectivity index (χ4v) is 3.12. The topological polar surface area (TPSA) is 69.4 Å². The molecule has 0 aliphatic carbocycles. The highest BCUT2D eigenvalue weighted by molar-refractivity contribution is 7.90. The molecule has 0 atom stereocenters. The molecule has 0 saturated carbocycles. The monoisotopic (exact) mass is 295 g/mol. The summed E-state index contributed by atoms with van der Waals surface area (Å²) in [5, 5.41) is 0. The van der Waals surface area contributed by atoms with Crippen molar-refractivity contribution in [2.45, 2.75) is 10.6 Å². The van der Waals surface area contributed by atoms with Crippen molar-refractivity contribution in [3.8, 4) is 5.75 Å². The Bertz CT molecular complexity index is 729. The molecule has 0 bridgehead atoms. The van der Waals surface area contributed by atoms with Crippen molar-refractivity contribution in [2.24, 2.45) is 0 Å². The molecule has 2 rings (SSSR count). The average molecular weight is 295 g/mol. The molecular weight excluding hydrogens is 281 g/mol. The number of rotatable bonds is 4. The van der Waals surface area contributed by atoms with E-state index in [-0.39, 0.29) is 16.3 Å². The number of nitrogen functional groups attached to an aromatic ring is 1. The smallest absolute Gasteiger partial charge is 0.182 e. The zero-order valence-electron chi connectivity index (χ0n) is 10.8. The Morgan fingerprint density at radius 2 is 1.95 bits per heavy atom. The van der Waals surface area contributed by atoms with E-state index in [4.69, 9.17) is 10.5 Å². The van der Waals surface area contributed by atoms with Gasteiger partial charge in [0.1, 0.15) is 11.6 Å². The summed E-state index contributed by atoms with van der Waals surface area (Å²) < 4.78 is 42.8. The van der Waals surface area contributed by atoms with E-state index in [1.807, 2.05) is 0 Å². The van der Waals surface area contributed by atoms with Gasteiger partial charge >= 0.3 is 0 Å². The number of methoxy groups -OCH3 is 1. The molecule has 0 heterocycles. The van der Waals surface area contributed by atoms with Gasteiger partial charge in [0.05, 0.1) is 23.4 Å². The van der Waals surface area contributed by atoms with E-state index >= 15 is 0 Å². The van der Waals surface area contributed by atoms with Crippen molar-refractivity contribution in [2.75, 3.05) is 12.8 Å². The van der Waals surface area contributed by atoms with Crippen LogP contribution in [-0.4, -0.2) is 15.5 Å². The van der Waals surface area contributed by atoms with Crippen LogP contribution < -0.4 is 10.5 Å². The molecule has 20 heavy (non-hydrogen) atoms.